The highest BCUT2D eigenvalue weighted by molar-refractivity contribution is 7.99. The minimum Gasteiger partial charge on any atom is -0.495 e. The summed E-state index contributed by atoms with van der Waals surface area (Å²) in [5.41, 5.74) is 3.11. The number of methoxy groups -OCH3 is 1. The van der Waals surface area contributed by atoms with Crippen molar-refractivity contribution in [2.45, 2.75) is 12.1 Å². The number of aromatic nitrogens is 3. The molecule has 0 bridgehead atoms. The highest BCUT2D eigenvalue weighted by Crippen LogP contribution is 2.31. The van der Waals surface area contributed by atoms with Crippen LogP contribution in [0.25, 0.3) is 17.3 Å². The first-order chi connectivity index (χ1) is 17.2. The topological polar surface area (TPSA) is 76.6 Å². The third-order valence-electron chi connectivity index (χ3n) is 6.11. The lowest BCUT2D eigenvalue weighted by molar-refractivity contribution is -0.128. The molecule has 1 fully saturated rings. The standard InChI is InChI=1S/C26H27N5O3S/c1-19-8-3-4-9-20(19)31-25(23-12-7-17-34-23)27-28-26(31)35-18-24(32)30-15-13-29(14-16-30)21-10-5-6-11-22(21)33-2/h3-12,17H,13-16,18H2,1-2H3. The highest BCUT2D eigenvalue weighted by Gasteiger charge is 2.25. The molecule has 0 atom stereocenters. The van der Waals surface area contributed by atoms with Crippen LogP contribution in [-0.2, 0) is 4.79 Å². The molecule has 1 saturated heterocycles. The van der Waals surface area contributed by atoms with Crippen LogP contribution in [0.5, 0.6) is 5.75 Å². The van der Waals surface area contributed by atoms with E-state index in [2.05, 4.69) is 21.2 Å². The molecule has 8 nitrogen and oxygen atoms in total. The number of furan rings is 1. The average molecular weight is 490 g/mol. The molecular weight excluding hydrogens is 462 g/mol. The molecule has 0 N–H and O–H groups in total. The molecule has 0 radical (unpaired) electrons. The van der Waals surface area contributed by atoms with Crippen molar-refractivity contribution in [1.29, 1.82) is 0 Å². The van der Waals surface area contributed by atoms with Crippen LogP contribution in [-0.4, -0.2) is 64.6 Å². The van der Waals surface area contributed by atoms with Crippen molar-refractivity contribution >= 4 is 23.4 Å². The lowest BCUT2D eigenvalue weighted by Crippen LogP contribution is -2.49. The van der Waals surface area contributed by atoms with Crippen molar-refractivity contribution in [2.75, 3.05) is 43.9 Å². The maximum absolute atomic E-state index is 13.1. The third-order valence-corrected chi connectivity index (χ3v) is 7.03. The van der Waals surface area contributed by atoms with Gasteiger partial charge in [0.2, 0.25) is 11.7 Å². The first kappa shape index (κ1) is 23.0. The van der Waals surface area contributed by atoms with E-state index in [9.17, 15) is 4.79 Å². The van der Waals surface area contributed by atoms with Gasteiger partial charge in [0.05, 0.1) is 30.5 Å². The van der Waals surface area contributed by atoms with E-state index in [4.69, 9.17) is 9.15 Å². The Morgan fingerprint density at radius 1 is 0.971 bits per heavy atom. The number of thioether (sulfide) groups is 1. The maximum Gasteiger partial charge on any atom is 0.233 e. The maximum atomic E-state index is 13.1. The number of hydrogen-bond donors (Lipinski definition) is 0. The normalized spacial score (nSPS) is 13.8. The van der Waals surface area contributed by atoms with Gasteiger partial charge in [-0.25, -0.2) is 0 Å². The molecule has 1 aliphatic heterocycles. The Kier molecular flexibility index (Phi) is 6.76. The van der Waals surface area contributed by atoms with Crippen molar-refractivity contribution < 1.29 is 13.9 Å². The molecule has 4 aromatic rings. The Morgan fingerprint density at radius 2 is 1.71 bits per heavy atom. The van der Waals surface area contributed by atoms with Crippen LogP contribution in [0, 0.1) is 6.92 Å². The predicted octanol–water partition coefficient (Wildman–Crippen LogP) is 4.29. The second-order valence-corrected chi connectivity index (χ2v) is 9.18. The van der Waals surface area contributed by atoms with Gasteiger partial charge in [-0.05, 0) is 42.8 Å². The van der Waals surface area contributed by atoms with E-state index in [1.165, 1.54) is 11.8 Å². The van der Waals surface area contributed by atoms with Gasteiger partial charge >= 0.3 is 0 Å². The fourth-order valence-corrected chi connectivity index (χ4v) is 5.11. The highest BCUT2D eigenvalue weighted by atomic mass is 32.2. The van der Waals surface area contributed by atoms with Crippen LogP contribution in [0.3, 0.4) is 0 Å². The SMILES string of the molecule is COc1ccccc1N1CCN(C(=O)CSc2nnc(-c3ccco3)n2-c2ccccc2C)CC1. The average Bonchev–Trinajstić information content (AvgIpc) is 3.58. The smallest absolute Gasteiger partial charge is 0.233 e. The minimum absolute atomic E-state index is 0.0913. The van der Waals surface area contributed by atoms with Crippen molar-refractivity contribution in [3.8, 4) is 23.0 Å². The van der Waals surface area contributed by atoms with Crippen LogP contribution in [0.4, 0.5) is 5.69 Å². The zero-order valence-electron chi connectivity index (χ0n) is 19.8. The number of amides is 1. The number of anilines is 1. The fraction of sp³-hybridized carbons (Fsp3) is 0.269. The molecule has 1 aliphatic rings. The molecule has 5 rings (SSSR count). The summed E-state index contributed by atoms with van der Waals surface area (Å²) in [6.07, 6.45) is 1.62. The Balaban J connectivity index is 1.28. The van der Waals surface area contributed by atoms with Gasteiger partial charge in [-0.1, -0.05) is 42.1 Å². The largest absolute Gasteiger partial charge is 0.495 e. The summed E-state index contributed by atoms with van der Waals surface area (Å²) in [4.78, 5) is 17.3. The molecule has 35 heavy (non-hydrogen) atoms. The van der Waals surface area contributed by atoms with Crippen LogP contribution >= 0.6 is 11.8 Å². The summed E-state index contributed by atoms with van der Waals surface area (Å²) in [6, 6.07) is 19.7. The summed E-state index contributed by atoms with van der Waals surface area (Å²) in [6.45, 7) is 4.90. The van der Waals surface area contributed by atoms with E-state index in [0.29, 0.717) is 29.8 Å². The van der Waals surface area contributed by atoms with Crippen molar-refractivity contribution in [3.05, 3.63) is 72.5 Å². The summed E-state index contributed by atoms with van der Waals surface area (Å²) >= 11 is 1.40. The second-order valence-electron chi connectivity index (χ2n) is 8.23. The second kappa shape index (κ2) is 10.3. The molecule has 0 aliphatic carbocycles. The van der Waals surface area contributed by atoms with Gasteiger partial charge in [-0.15, -0.1) is 10.2 Å². The molecule has 3 heterocycles. The molecule has 2 aromatic heterocycles. The van der Waals surface area contributed by atoms with Crippen LogP contribution in [0.1, 0.15) is 5.56 Å². The number of hydrogen-bond acceptors (Lipinski definition) is 7. The number of para-hydroxylation sites is 3. The zero-order chi connectivity index (χ0) is 24.2. The van der Waals surface area contributed by atoms with Gasteiger partial charge in [0, 0.05) is 26.2 Å². The number of rotatable bonds is 7. The van der Waals surface area contributed by atoms with E-state index in [0.717, 1.165) is 35.8 Å². The van der Waals surface area contributed by atoms with Crippen molar-refractivity contribution in [1.82, 2.24) is 19.7 Å². The Hall–Kier alpha value is -3.72. The molecule has 1 amide bonds. The van der Waals surface area contributed by atoms with Gasteiger partial charge in [-0.2, -0.15) is 0 Å². The minimum atomic E-state index is 0.0913. The quantitative estimate of drug-likeness (QED) is 0.359. The molecule has 0 saturated carbocycles. The molecule has 0 unspecified atom stereocenters. The van der Waals surface area contributed by atoms with Gasteiger partial charge in [0.25, 0.3) is 0 Å². The van der Waals surface area contributed by atoms with Crippen LogP contribution in [0.15, 0.2) is 76.5 Å². The number of piperazine rings is 1. The Bertz CT molecular complexity index is 1300. The lowest BCUT2D eigenvalue weighted by atomic mass is 10.2. The van der Waals surface area contributed by atoms with E-state index in [1.807, 2.05) is 71.0 Å². The third kappa shape index (κ3) is 4.77. The van der Waals surface area contributed by atoms with E-state index in [1.54, 1.807) is 13.4 Å². The number of aryl methyl sites for hydroxylation is 1. The monoisotopic (exact) mass is 489 g/mol. The Morgan fingerprint density at radius 3 is 2.43 bits per heavy atom. The number of nitrogens with zero attached hydrogens (tertiary/aromatic N) is 5. The van der Waals surface area contributed by atoms with E-state index >= 15 is 0 Å². The van der Waals surface area contributed by atoms with Crippen LogP contribution in [0.2, 0.25) is 0 Å². The molecule has 2 aromatic carbocycles. The Labute approximate surface area is 208 Å². The summed E-state index contributed by atoms with van der Waals surface area (Å²) in [5, 5.41) is 9.44. The van der Waals surface area contributed by atoms with Crippen molar-refractivity contribution in [2.24, 2.45) is 0 Å². The predicted molar refractivity (Wildman–Crippen MR) is 136 cm³/mol. The van der Waals surface area contributed by atoms with E-state index in [-0.39, 0.29) is 11.7 Å². The molecule has 0 spiro atoms. The first-order valence-corrected chi connectivity index (χ1v) is 12.5. The number of carbonyl (C=O) groups excluding carboxylic acids is 1. The lowest BCUT2D eigenvalue weighted by Gasteiger charge is -2.36. The van der Waals surface area contributed by atoms with E-state index < -0.39 is 0 Å². The molecular formula is C26H27N5O3S. The van der Waals surface area contributed by atoms with Crippen molar-refractivity contribution in [3.63, 3.8) is 0 Å². The molecule has 180 valence electrons. The summed E-state index contributed by atoms with van der Waals surface area (Å²) < 4.78 is 13.1. The number of carbonyl (C=O) groups is 1. The first-order valence-electron chi connectivity index (χ1n) is 11.5. The summed E-state index contributed by atoms with van der Waals surface area (Å²) in [5.74, 6) is 2.48. The van der Waals surface area contributed by atoms with Gasteiger partial charge < -0.3 is 19.0 Å². The summed E-state index contributed by atoms with van der Waals surface area (Å²) in [7, 11) is 1.68. The van der Waals surface area contributed by atoms with Gasteiger partial charge in [0.15, 0.2) is 10.9 Å². The number of ether oxygens (including phenoxy) is 1. The van der Waals surface area contributed by atoms with Gasteiger partial charge in [0.1, 0.15) is 5.75 Å². The molecule has 9 heteroatoms. The van der Waals surface area contributed by atoms with Crippen LogP contribution < -0.4 is 9.64 Å². The fourth-order valence-electron chi connectivity index (χ4n) is 4.27. The number of benzene rings is 2. The zero-order valence-corrected chi connectivity index (χ0v) is 20.6. The van der Waals surface area contributed by atoms with Gasteiger partial charge in [-0.3, -0.25) is 9.36 Å².